The van der Waals surface area contributed by atoms with E-state index in [0.29, 0.717) is 0 Å². The quantitative estimate of drug-likeness (QED) is 0.638. The van der Waals surface area contributed by atoms with E-state index in [-0.39, 0.29) is 5.69 Å². The molecule has 0 unspecified atom stereocenters. The Morgan fingerprint density at radius 1 is 1.47 bits per heavy atom. The molecule has 0 aromatic heterocycles. The highest BCUT2D eigenvalue weighted by Crippen LogP contribution is 2.19. The number of anilines is 1. The number of benzene rings is 1. The van der Waals surface area contributed by atoms with Crippen LogP contribution in [-0.4, -0.2) is 18.6 Å². The highest BCUT2D eigenvalue weighted by Gasteiger charge is 2.18. The topological polar surface area (TPSA) is 38.3 Å². The number of carbonyl (C=O) groups excluding carboxylic acids is 1. The molecule has 1 rings (SSSR count). The van der Waals surface area contributed by atoms with Crippen molar-refractivity contribution >= 4 is 29.4 Å². The van der Waals surface area contributed by atoms with E-state index in [1.54, 1.807) is 0 Å². The second-order valence-corrected chi connectivity index (χ2v) is 2.80. The summed E-state index contributed by atoms with van der Waals surface area (Å²) in [6.45, 7) is 0. The summed E-state index contributed by atoms with van der Waals surface area (Å²) in [5, 5.41) is 2.43. The number of methoxy groups -OCH3 is 1. The summed E-state index contributed by atoms with van der Waals surface area (Å²) < 4.78 is 30.7. The minimum absolute atomic E-state index is 0.132. The molecule has 0 heterocycles. The molecule has 1 aromatic rings. The lowest BCUT2D eigenvalue weighted by Gasteiger charge is -2.05. The van der Waals surface area contributed by atoms with Crippen molar-refractivity contribution in [2.45, 2.75) is 0 Å². The molecule has 0 amide bonds. The first-order valence-electron chi connectivity index (χ1n) is 3.87. The van der Waals surface area contributed by atoms with Gasteiger partial charge in [0, 0.05) is 5.69 Å². The van der Waals surface area contributed by atoms with Crippen molar-refractivity contribution in [3.05, 3.63) is 29.3 Å². The van der Waals surface area contributed by atoms with E-state index < -0.39 is 23.2 Å². The summed E-state index contributed by atoms with van der Waals surface area (Å²) in [6.07, 6.45) is 0. The predicted molar refractivity (Wildman–Crippen MR) is 55.0 cm³/mol. The van der Waals surface area contributed by atoms with Crippen molar-refractivity contribution in [3.63, 3.8) is 0 Å². The highest BCUT2D eigenvalue weighted by atomic mass is 32.1. The maximum atomic E-state index is 13.2. The standard InChI is InChI=1S/C9H7F2NO2S/c1-14-9(13)8-6(10)2-5(12-4-15)3-7(8)11/h2-4H,1H3,(H,12,15). The lowest BCUT2D eigenvalue weighted by atomic mass is 10.2. The van der Waals surface area contributed by atoms with Gasteiger partial charge in [-0.1, -0.05) is 12.2 Å². The average Bonchev–Trinajstić information content (AvgIpc) is 2.16. The fourth-order valence-electron chi connectivity index (χ4n) is 1.02. The third kappa shape index (κ3) is 2.47. The number of halogens is 2. The van der Waals surface area contributed by atoms with Gasteiger partial charge < -0.3 is 10.1 Å². The van der Waals surface area contributed by atoms with Gasteiger partial charge in [-0.2, -0.15) is 0 Å². The van der Waals surface area contributed by atoms with Gasteiger partial charge in [-0.15, -0.1) is 0 Å². The maximum Gasteiger partial charge on any atom is 0.343 e. The lowest BCUT2D eigenvalue weighted by Crippen LogP contribution is -2.08. The van der Waals surface area contributed by atoms with Crippen LogP contribution in [0.2, 0.25) is 0 Å². The molecule has 80 valence electrons. The van der Waals surface area contributed by atoms with Gasteiger partial charge in [-0.05, 0) is 12.1 Å². The van der Waals surface area contributed by atoms with Gasteiger partial charge in [0.25, 0.3) is 0 Å². The summed E-state index contributed by atoms with van der Waals surface area (Å²) in [7, 11) is 1.05. The molecule has 0 aliphatic carbocycles. The third-order valence-corrected chi connectivity index (χ3v) is 1.78. The van der Waals surface area contributed by atoms with Crippen LogP contribution >= 0.6 is 12.2 Å². The smallest absolute Gasteiger partial charge is 0.343 e. The Morgan fingerprint density at radius 2 is 2.00 bits per heavy atom. The molecule has 15 heavy (non-hydrogen) atoms. The summed E-state index contributed by atoms with van der Waals surface area (Å²) >= 11 is 4.46. The molecule has 0 bridgehead atoms. The van der Waals surface area contributed by atoms with E-state index in [0.717, 1.165) is 24.7 Å². The fourth-order valence-corrected chi connectivity index (χ4v) is 1.16. The van der Waals surface area contributed by atoms with Crippen LogP contribution in [0.25, 0.3) is 0 Å². The van der Waals surface area contributed by atoms with E-state index in [9.17, 15) is 13.6 Å². The summed E-state index contributed by atoms with van der Waals surface area (Å²) in [4.78, 5) is 11.0. The SMILES string of the molecule is COC(=O)c1c(F)cc(NC=S)cc1F. The van der Waals surface area contributed by atoms with Crippen LogP contribution in [0, 0.1) is 11.6 Å². The molecule has 0 radical (unpaired) electrons. The van der Waals surface area contributed by atoms with Gasteiger partial charge in [0.05, 0.1) is 12.6 Å². The molecular weight excluding hydrogens is 224 g/mol. The largest absolute Gasteiger partial charge is 0.465 e. The number of ether oxygens (including phenoxy) is 1. The molecule has 0 aliphatic rings. The summed E-state index contributed by atoms with van der Waals surface area (Å²) in [6, 6.07) is 1.91. The number of rotatable bonds is 3. The zero-order valence-electron chi connectivity index (χ0n) is 7.71. The summed E-state index contributed by atoms with van der Waals surface area (Å²) in [5.41, 5.74) is 0.520. The first-order chi connectivity index (χ1) is 7.10. The minimum Gasteiger partial charge on any atom is -0.465 e. The van der Waals surface area contributed by atoms with Crippen LogP contribution in [0.5, 0.6) is 0 Å². The maximum absolute atomic E-state index is 13.2. The molecule has 1 N–H and O–H groups in total. The van der Waals surface area contributed by atoms with Crippen molar-refractivity contribution in [2.24, 2.45) is 0 Å². The Bertz CT molecular complexity index is 386. The zero-order chi connectivity index (χ0) is 11.4. The van der Waals surface area contributed by atoms with Gasteiger partial charge in [0.1, 0.15) is 17.2 Å². The van der Waals surface area contributed by atoms with Gasteiger partial charge >= 0.3 is 5.97 Å². The monoisotopic (exact) mass is 231 g/mol. The van der Waals surface area contributed by atoms with Crippen molar-refractivity contribution < 1.29 is 18.3 Å². The van der Waals surface area contributed by atoms with E-state index in [2.05, 4.69) is 22.3 Å². The molecule has 0 spiro atoms. The lowest BCUT2D eigenvalue weighted by molar-refractivity contribution is 0.0590. The fraction of sp³-hybridized carbons (Fsp3) is 0.111. The van der Waals surface area contributed by atoms with Crippen LogP contribution in [-0.2, 0) is 4.74 Å². The molecule has 0 saturated carbocycles. The van der Waals surface area contributed by atoms with E-state index in [4.69, 9.17) is 0 Å². The molecule has 0 atom stereocenters. The Labute approximate surface area is 90.0 Å². The van der Waals surface area contributed by atoms with Crippen LogP contribution in [0.1, 0.15) is 10.4 Å². The number of carbonyl (C=O) groups is 1. The van der Waals surface area contributed by atoms with E-state index in [1.165, 1.54) is 0 Å². The zero-order valence-corrected chi connectivity index (χ0v) is 8.53. The van der Waals surface area contributed by atoms with Gasteiger partial charge in [0.2, 0.25) is 0 Å². The number of esters is 1. The second-order valence-electron chi connectivity index (χ2n) is 2.57. The number of thiocarbonyl (C=S) groups is 1. The molecule has 0 fully saturated rings. The number of hydrogen-bond donors (Lipinski definition) is 1. The van der Waals surface area contributed by atoms with Gasteiger partial charge in [0.15, 0.2) is 0 Å². The van der Waals surface area contributed by atoms with Crippen molar-refractivity contribution in [1.29, 1.82) is 0 Å². The number of nitrogens with one attached hydrogen (secondary N) is 1. The van der Waals surface area contributed by atoms with Crippen molar-refractivity contribution in [3.8, 4) is 0 Å². The predicted octanol–water partition coefficient (Wildman–Crippen LogP) is 2.12. The van der Waals surface area contributed by atoms with Gasteiger partial charge in [-0.25, -0.2) is 13.6 Å². The molecule has 0 saturated heterocycles. The van der Waals surface area contributed by atoms with Crippen LogP contribution < -0.4 is 5.32 Å². The van der Waals surface area contributed by atoms with Gasteiger partial charge in [-0.3, -0.25) is 0 Å². The Hall–Kier alpha value is -1.56. The highest BCUT2D eigenvalue weighted by molar-refractivity contribution is 7.79. The Morgan fingerprint density at radius 3 is 2.40 bits per heavy atom. The van der Waals surface area contributed by atoms with Crippen LogP contribution in [0.3, 0.4) is 0 Å². The molecule has 6 heteroatoms. The Balaban J connectivity index is 3.20. The molecule has 3 nitrogen and oxygen atoms in total. The first-order valence-corrected chi connectivity index (χ1v) is 4.34. The van der Waals surface area contributed by atoms with Crippen molar-refractivity contribution in [1.82, 2.24) is 0 Å². The molecule has 0 aliphatic heterocycles. The first kappa shape index (κ1) is 11.5. The normalized spacial score (nSPS) is 9.53. The third-order valence-electron chi connectivity index (χ3n) is 1.66. The number of hydrogen-bond acceptors (Lipinski definition) is 3. The van der Waals surface area contributed by atoms with E-state index >= 15 is 0 Å². The Kier molecular flexibility index (Phi) is 3.68. The molecule has 1 aromatic carbocycles. The minimum atomic E-state index is -1.06. The van der Waals surface area contributed by atoms with E-state index in [1.807, 2.05) is 0 Å². The van der Waals surface area contributed by atoms with Crippen LogP contribution in [0.15, 0.2) is 12.1 Å². The second kappa shape index (κ2) is 4.79. The average molecular weight is 231 g/mol. The van der Waals surface area contributed by atoms with Crippen molar-refractivity contribution in [2.75, 3.05) is 12.4 Å². The molecular formula is C9H7F2NO2S. The van der Waals surface area contributed by atoms with Crippen LogP contribution in [0.4, 0.5) is 14.5 Å². The summed E-state index contributed by atoms with van der Waals surface area (Å²) in [5.74, 6) is -3.05.